The molecular formula is C28H40N8O. The van der Waals surface area contributed by atoms with E-state index in [1.54, 1.807) is 12.4 Å². The van der Waals surface area contributed by atoms with E-state index >= 15 is 0 Å². The molecule has 2 aliphatic rings. The second kappa shape index (κ2) is 10.7. The summed E-state index contributed by atoms with van der Waals surface area (Å²) < 4.78 is 8.12. The smallest absolute Gasteiger partial charge is 0.263 e. The van der Waals surface area contributed by atoms with E-state index < -0.39 is 0 Å². The second-order valence-electron chi connectivity index (χ2n) is 10.9. The van der Waals surface area contributed by atoms with Crippen molar-refractivity contribution in [1.29, 1.82) is 0 Å². The van der Waals surface area contributed by atoms with Crippen LogP contribution >= 0.6 is 0 Å². The number of likely N-dealkylation sites (tertiary alicyclic amines) is 1. The summed E-state index contributed by atoms with van der Waals surface area (Å²) in [7, 11) is 6.38. The first-order valence-electron chi connectivity index (χ1n) is 13.4. The molecule has 2 atom stereocenters. The summed E-state index contributed by atoms with van der Waals surface area (Å²) in [6.45, 7) is 7.75. The number of nitrogens with two attached hydrogens (primary N) is 1. The fourth-order valence-electron chi connectivity index (χ4n) is 5.34. The van der Waals surface area contributed by atoms with Crippen LogP contribution in [0.3, 0.4) is 0 Å². The Labute approximate surface area is 220 Å². The minimum atomic E-state index is 0.263. The first kappa shape index (κ1) is 25.5. The molecule has 2 aliphatic heterocycles. The van der Waals surface area contributed by atoms with Gasteiger partial charge in [0, 0.05) is 29.9 Å². The third kappa shape index (κ3) is 5.57. The van der Waals surface area contributed by atoms with E-state index in [-0.39, 0.29) is 11.9 Å². The van der Waals surface area contributed by atoms with Gasteiger partial charge >= 0.3 is 0 Å². The zero-order valence-electron chi connectivity index (χ0n) is 22.8. The van der Waals surface area contributed by atoms with E-state index in [0.717, 1.165) is 43.7 Å². The van der Waals surface area contributed by atoms with Gasteiger partial charge in [0.1, 0.15) is 0 Å². The molecule has 2 aromatic heterocycles. The number of nitrogens with zero attached hydrogens (tertiary/aromatic N) is 7. The maximum atomic E-state index is 6.20. The number of hydrogen-bond donors (Lipinski definition) is 1. The fraction of sp³-hybridized carbons (Fsp3) is 0.536. The van der Waals surface area contributed by atoms with Crippen molar-refractivity contribution in [3.05, 3.63) is 42.4 Å². The Balaban J connectivity index is 1.43. The first-order chi connectivity index (χ1) is 17.8. The highest BCUT2D eigenvalue weighted by Crippen LogP contribution is 2.35. The largest absolute Gasteiger partial charge is 0.433 e. The van der Waals surface area contributed by atoms with E-state index in [1.165, 1.54) is 24.1 Å². The van der Waals surface area contributed by atoms with Crippen LogP contribution in [0.1, 0.15) is 57.2 Å². The Morgan fingerprint density at radius 2 is 1.86 bits per heavy atom. The summed E-state index contributed by atoms with van der Waals surface area (Å²) in [5, 5.41) is 4.56. The van der Waals surface area contributed by atoms with Crippen LogP contribution in [0.25, 0.3) is 11.3 Å². The molecule has 0 aliphatic carbocycles. The topological polar surface area (TPSA) is 88.6 Å². The quantitative estimate of drug-likeness (QED) is 0.500. The number of nitrogen functional groups attached to an aromatic ring is 1. The highest BCUT2D eigenvalue weighted by atomic mass is 16.5. The van der Waals surface area contributed by atoms with E-state index in [1.807, 2.05) is 10.9 Å². The SMILES string of the molecule is CC(c1cc(-c2cnc(N)c(Oc3cnn(C4CCN(C)CC4)c3)n2)cc(N2CCCC2C)c1)N(C)C. The third-order valence-corrected chi connectivity index (χ3v) is 8.00. The first-order valence-corrected chi connectivity index (χ1v) is 13.4. The van der Waals surface area contributed by atoms with Crippen molar-refractivity contribution in [2.24, 2.45) is 0 Å². The number of benzene rings is 1. The average molecular weight is 505 g/mol. The minimum absolute atomic E-state index is 0.263. The average Bonchev–Trinajstić information content (AvgIpc) is 3.54. The van der Waals surface area contributed by atoms with Crippen molar-refractivity contribution < 1.29 is 4.74 Å². The van der Waals surface area contributed by atoms with Crippen molar-refractivity contribution in [3.63, 3.8) is 0 Å². The van der Waals surface area contributed by atoms with Crippen LogP contribution in [0.15, 0.2) is 36.8 Å². The van der Waals surface area contributed by atoms with Crippen LogP contribution in [-0.4, -0.2) is 76.4 Å². The van der Waals surface area contributed by atoms with Gasteiger partial charge in [-0.05, 0) is 97.5 Å². The standard InChI is InChI=1S/C28H40N8O/c1-19-7-6-10-35(19)24-14-21(20(2)33(3)4)13-22(15-24)26-17-30-27(29)28(32-26)37-25-16-31-36(18-25)23-8-11-34(5)12-9-23/h13-20,23H,6-12H2,1-5H3,(H2,29,30). The predicted molar refractivity (Wildman–Crippen MR) is 148 cm³/mol. The maximum Gasteiger partial charge on any atom is 0.263 e. The molecule has 2 N–H and O–H groups in total. The molecule has 2 unspecified atom stereocenters. The Bertz CT molecular complexity index is 1220. The van der Waals surface area contributed by atoms with E-state index in [9.17, 15) is 0 Å². The summed E-state index contributed by atoms with van der Waals surface area (Å²) in [6, 6.07) is 7.91. The van der Waals surface area contributed by atoms with E-state index in [2.05, 4.69) is 78.0 Å². The van der Waals surface area contributed by atoms with Crippen molar-refractivity contribution in [3.8, 4) is 22.9 Å². The number of piperidine rings is 1. The fourth-order valence-corrected chi connectivity index (χ4v) is 5.34. The molecule has 1 aromatic carbocycles. The van der Waals surface area contributed by atoms with Gasteiger partial charge in [-0.2, -0.15) is 5.10 Å². The third-order valence-electron chi connectivity index (χ3n) is 8.00. The van der Waals surface area contributed by atoms with Gasteiger partial charge in [-0.1, -0.05) is 0 Å². The van der Waals surface area contributed by atoms with E-state index in [0.29, 0.717) is 23.7 Å². The van der Waals surface area contributed by atoms with Crippen LogP contribution in [0.5, 0.6) is 11.6 Å². The number of anilines is 2. The lowest BCUT2D eigenvalue weighted by Gasteiger charge is -2.28. The zero-order chi connectivity index (χ0) is 26.1. The van der Waals surface area contributed by atoms with Crippen LogP contribution in [0.4, 0.5) is 11.5 Å². The molecule has 0 saturated carbocycles. The molecule has 0 amide bonds. The van der Waals surface area contributed by atoms with Gasteiger partial charge in [0.05, 0.1) is 30.3 Å². The molecule has 2 saturated heterocycles. The number of ether oxygens (including phenoxy) is 1. The molecule has 37 heavy (non-hydrogen) atoms. The summed E-state index contributed by atoms with van der Waals surface area (Å²) in [4.78, 5) is 16.3. The lowest BCUT2D eigenvalue weighted by Crippen LogP contribution is -2.31. The highest BCUT2D eigenvalue weighted by molar-refractivity contribution is 5.69. The van der Waals surface area contributed by atoms with Crippen LogP contribution in [0.2, 0.25) is 0 Å². The molecule has 2 fully saturated rings. The van der Waals surface area contributed by atoms with Gasteiger partial charge in [0.2, 0.25) is 0 Å². The Hall–Kier alpha value is -3.17. The molecular weight excluding hydrogens is 464 g/mol. The van der Waals surface area contributed by atoms with Crippen molar-refractivity contribution in [2.45, 2.75) is 57.7 Å². The number of rotatable bonds is 7. The normalized spacial score (nSPS) is 20.1. The van der Waals surface area contributed by atoms with Gasteiger partial charge in [0.15, 0.2) is 11.6 Å². The maximum absolute atomic E-state index is 6.20. The zero-order valence-corrected chi connectivity index (χ0v) is 22.8. The summed E-state index contributed by atoms with van der Waals surface area (Å²) in [5.74, 6) is 1.20. The lowest BCUT2D eigenvalue weighted by atomic mass is 10.0. The van der Waals surface area contributed by atoms with Crippen LogP contribution < -0.4 is 15.4 Å². The molecule has 198 valence electrons. The molecule has 0 bridgehead atoms. The monoisotopic (exact) mass is 504 g/mol. The minimum Gasteiger partial charge on any atom is -0.433 e. The van der Waals surface area contributed by atoms with Gasteiger partial charge in [0.25, 0.3) is 5.88 Å². The molecule has 3 aromatic rings. The van der Waals surface area contributed by atoms with Crippen LogP contribution in [0, 0.1) is 0 Å². The van der Waals surface area contributed by atoms with Crippen molar-refractivity contribution in [1.82, 2.24) is 29.5 Å². The Morgan fingerprint density at radius 3 is 2.57 bits per heavy atom. The second-order valence-corrected chi connectivity index (χ2v) is 10.9. The number of hydrogen-bond acceptors (Lipinski definition) is 8. The molecule has 4 heterocycles. The molecule has 5 rings (SSSR count). The summed E-state index contributed by atoms with van der Waals surface area (Å²) >= 11 is 0. The Morgan fingerprint density at radius 1 is 1.08 bits per heavy atom. The Kier molecular flexibility index (Phi) is 7.35. The molecule has 0 spiro atoms. The summed E-state index contributed by atoms with van der Waals surface area (Å²) in [5.41, 5.74) is 10.4. The van der Waals surface area contributed by atoms with Gasteiger partial charge in [-0.15, -0.1) is 0 Å². The molecule has 9 nitrogen and oxygen atoms in total. The molecule has 9 heteroatoms. The number of aromatic nitrogens is 4. The molecule has 0 radical (unpaired) electrons. The van der Waals surface area contributed by atoms with Crippen molar-refractivity contribution in [2.75, 3.05) is 51.4 Å². The van der Waals surface area contributed by atoms with Gasteiger partial charge < -0.3 is 25.2 Å². The van der Waals surface area contributed by atoms with Crippen LogP contribution in [-0.2, 0) is 0 Å². The van der Waals surface area contributed by atoms with Gasteiger partial charge in [-0.3, -0.25) is 4.68 Å². The highest BCUT2D eigenvalue weighted by Gasteiger charge is 2.23. The summed E-state index contributed by atoms with van der Waals surface area (Å²) in [6.07, 6.45) is 10.0. The van der Waals surface area contributed by atoms with Gasteiger partial charge in [-0.25, -0.2) is 9.97 Å². The lowest BCUT2D eigenvalue weighted by molar-refractivity contribution is 0.212. The van der Waals surface area contributed by atoms with Crippen molar-refractivity contribution >= 4 is 11.5 Å². The predicted octanol–water partition coefficient (Wildman–Crippen LogP) is 4.59. The van der Waals surface area contributed by atoms with E-state index in [4.69, 9.17) is 15.5 Å².